The van der Waals surface area contributed by atoms with Crippen molar-refractivity contribution >= 4 is 28.9 Å². The Balaban J connectivity index is 2.92. The van der Waals surface area contributed by atoms with Crippen molar-refractivity contribution in [2.24, 2.45) is 5.73 Å². The zero-order valence-corrected chi connectivity index (χ0v) is 9.77. The Morgan fingerprint density at radius 2 is 2.41 bits per heavy atom. The van der Waals surface area contributed by atoms with Gasteiger partial charge in [-0.25, -0.2) is 4.98 Å². The highest BCUT2D eigenvalue weighted by Gasteiger charge is 2.17. The lowest BCUT2D eigenvalue weighted by molar-refractivity contribution is -0.384. The monoisotopic (exact) mass is 258 g/mol. The number of pyridine rings is 1. The highest BCUT2D eigenvalue weighted by atomic mass is 35.5. The van der Waals surface area contributed by atoms with E-state index < -0.39 is 10.8 Å². The molecule has 1 rings (SSSR count). The number of primary amides is 1. The Labute approximate surface area is 102 Å². The Bertz CT molecular complexity index is 452. The van der Waals surface area contributed by atoms with Gasteiger partial charge in [-0.2, -0.15) is 0 Å². The van der Waals surface area contributed by atoms with Gasteiger partial charge in [0.1, 0.15) is 17.0 Å². The molecule has 0 aliphatic carbocycles. The molecule has 0 aliphatic rings. The number of aromatic nitrogens is 1. The van der Waals surface area contributed by atoms with Crippen molar-refractivity contribution < 1.29 is 9.72 Å². The third kappa shape index (κ3) is 3.87. The van der Waals surface area contributed by atoms with Crippen molar-refractivity contribution in [1.82, 2.24) is 4.98 Å². The number of nitrogens with zero attached hydrogens (tertiary/aromatic N) is 2. The largest absolute Gasteiger partial charge is 0.376 e. The van der Waals surface area contributed by atoms with E-state index in [1.165, 1.54) is 6.07 Å². The smallest absolute Gasteiger partial charge is 0.310 e. The fraction of sp³-hybridized carbons (Fsp3) is 0.333. The van der Waals surface area contributed by atoms with Gasteiger partial charge in [0.2, 0.25) is 5.91 Å². The molecule has 3 N–H and O–H groups in total. The van der Waals surface area contributed by atoms with Crippen LogP contribution >= 0.6 is 11.6 Å². The molecule has 0 aromatic carbocycles. The molecule has 1 heterocycles. The lowest BCUT2D eigenvalue weighted by atomic mass is 10.2. The molecule has 1 aromatic rings. The molecule has 1 amide bonds. The molecule has 1 unspecified atom stereocenters. The number of halogens is 1. The van der Waals surface area contributed by atoms with Crippen molar-refractivity contribution in [3.05, 3.63) is 27.5 Å². The molecule has 0 radical (unpaired) electrons. The third-order valence-electron chi connectivity index (χ3n) is 1.96. The second-order valence-corrected chi connectivity index (χ2v) is 3.88. The molecule has 0 aliphatic heterocycles. The van der Waals surface area contributed by atoms with Crippen LogP contribution in [0.15, 0.2) is 12.3 Å². The Morgan fingerprint density at radius 1 is 1.76 bits per heavy atom. The molecule has 0 spiro atoms. The van der Waals surface area contributed by atoms with Crippen LogP contribution in [0.4, 0.5) is 11.4 Å². The molecule has 8 heteroatoms. The number of nitrogens with one attached hydrogen (secondary N) is 1. The highest BCUT2D eigenvalue weighted by molar-refractivity contribution is 6.29. The predicted octanol–water partition coefficient (Wildman–Crippen LogP) is 1.32. The predicted molar refractivity (Wildman–Crippen MR) is 62.8 cm³/mol. The summed E-state index contributed by atoms with van der Waals surface area (Å²) >= 11 is 5.65. The van der Waals surface area contributed by atoms with Crippen molar-refractivity contribution in [2.45, 2.75) is 19.4 Å². The van der Waals surface area contributed by atoms with Crippen LogP contribution in [0.2, 0.25) is 5.15 Å². The molecule has 7 nitrogen and oxygen atoms in total. The summed E-state index contributed by atoms with van der Waals surface area (Å²) in [6, 6.07) is 1.00. The summed E-state index contributed by atoms with van der Waals surface area (Å²) < 4.78 is 0. The minimum Gasteiger partial charge on any atom is -0.376 e. The average Bonchev–Trinajstić information content (AvgIpc) is 2.15. The second-order valence-electron chi connectivity index (χ2n) is 3.50. The number of carbonyl (C=O) groups excluding carboxylic acids is 1. The van der Waals surface area contributed by atoms with Gasteiger partial charge in [0.05, 0.1) is 4.92 Å². The van der Waals surface area contributed by atoms with Gasteiger partial charge in [0.25, 0.3) is 0 Å². The van der Waals surface area contributed by atoms with Gasteiger partial charge in [-0.1, -0.05) is 11.6 Å². The average molecular weight is 259 g/mol. The fourth-order valence-electron chi connectivity index (χ4n) is 1.30. The first-order valence-electron chi connectivity index (χ1n) is 4.75. The maximum atomic E-state index is 10.7. The Kier molecular flexibility index (Phi) is 4.22. The number of amides is 1. The van der Waals surface area contributed by atoms with E-state index in [0.29, 0.717) is 0 Å². The summed E-state index contributed by atoms with van der Waals surface area (Å²) in [5.74, 6) is -0.493. The standard InChI is InChI=1S/C9H11ClN4O3/c1-5(2-9(11)15)13-6-3-8(10)12-4-7(6)14(16)17/h3-5H,2H2,1H3,(H2,11,15)(H,12,13). The van der Waals surface area contributed by atoms with E-state index >= 15 is 0 Å². The molecular formula is C9H11ClN4O3. The highest BCUT2D eigenvalue weighted by Crippen LogP contribution is 2.26. The molecular weight excluding hydrogens is 248 g/mol. The van der Waals surface area contributed by atoms with Gasteiger partial charge < -0.3 is 11.1 Å². The van der Waals surface area contributed by atoms with E-state index in [1.807, 2.05) is 0 Å². The van der Waals surface area contributed by atoms with Gasteiger partial charge in [-0.05, 0) is 6.92 Å². The number of anilines is 1. The summed E-state index contributed by atoms with van der Waals surface area (Å²) in [5.41, 5.74) is 5.03. The van der Waals surface area contributed by atoms with Crippen LogP contribution in [-0.2, 0) is 4.79 Å². The molecule has 0 saturated heterocycles. The van der Waals surface area contributed by atoms with E-state index in [2.05, 4.69) is 10.3 Å². The van der Waals surface area contributed by atoms with E-state index in [9.17, 15) is 14.9 Å². The van der Waals surface area contributed by atoms with E-state index in [4.69, 9.17) is 17.3 Å². The fourth-order valence-corrected chi connectivity index (χ4v) is 1.46. The molecule has 0 saturated carbocycles. The van der Waals surface area contributed by atoms with Crippen LogP contribution in [0.3, 0.4) is 0 Å². The first-order chi connectivity index (χ1) is 7.90. The maximum Gasteiger partial charge on any atom is 0.310 e. The number of nitrogens with two attached hydrogens (primary N) is 1. The number of hydrogen-bond acceptors (Lipinski definition) is 5. The summed E-state index contributed by atoms with van der Waals surface area (Å²) in [4.78, 5) is 24.5. The van der Waals surface area contributed by atoms with Crippen LogP contribution < -0.4 is 11.1 Å². The second kappa shape index (κ2) is 5.44. The van der Waals surface area contributed by atoms with E-state index in [-0.39, 0.29) is 29.0 Å². The van der Waals surface area contributed by atoms with Crippen LogP contribution in [0, 0.1) is 10.1 Å². The van der Waals surface area contributed by atoms with Gasteiger partial charge in [0.15, 0.2) is 0 Å². The van der Waals surface area contributed by atoms with Gasteiger partial charge in [-0.15, -0.1) is 0 Å². The van der Waals surface area contributed by atoms with Gasteiger partial charge >= 0.3 is 5.69 Å². The van der Waals surface area contributed by atoms with Gasteiger partial charge in [-0.3, -0.25) is 14.9 Å². The minimum absolute atomic E-state index is 0.0666. The lowest BCUT2D eigenvalue weighted by Gasteiger charge is -2.13. The zero-order chi connectivity index (χ0) is 13.0. The summed E-state index contributed by atoms with van der Waals surface area (Å²) in [6.45, 7) is 1.68. The SMILES string of the molecule is CC(CC(N)=O)Nc1cc(Cl)ncc1[N+](=O)[O-]. The maximum absolute atomic E-state index is 10.7. The number of rotatable bonds is 5. The molecule has 1 aromatic heterocycles. The normalized spacial score (nSPS) is 11.9. The molecule has 0 bridgehead atoms. The first-order valence-corrected chi connectivity index (χ1v) is 5.12. The molecule has 0 fully saturated rings. The van der Waals surface area contributed by atoms with E-state index in [1.54, 1.807) is 6.92 Å². The molecule has 1 atom stereocenters. The number of carbonyl (C=O) groups is 1. The van der Waals surface area contributed by atoms with Crippen LogP contribution in [-0.4, -0.2) is 21.9 Å². The van der Waals surface area contributed by atoms with Crippen molar-refractivity contribution in [2.75, 3.05) is 5.32 Å². The topological polar surface area (TPSA) is 111 Å². The molecule has 17 heavy (non-hydrogen) atoms. The minimum atomic E-state index is -0.581. The lowest BCUT2D eigenvalue weighted by Crippen LogP contribution is -2.24. The summed E-state index contributed by atoms with van der Waals surface area (Å²) in [7, 11) is 0. The Hall–Kier alpha value is -1.89. The van der Waals surface area contributed by atoms with Crippen LogP contribution in [0.25, 0.3) is 0 Å². The van der Waals surface area contributed by atoms with Crippen LogP contribution in [0.1, 0.15) is 13.3 Å². The van der Waals surface area contributed by atoms with Crippen molar-refractivity contribution in [1.29, 1.82) is 0 Å². The third-order valence-corrected chi connectivity index (χ3v) is 2.16. The Morgan fingerprint density at radius 3 is 2.94 bits per heavy atom. The van der Waals surface area contributed by atoms with Crippen molar-refractivity contribution in [3.63, 3.8) is 0 Å². The van der Waals surface area contributed by atoms with Crippen LogP contribution in [0.5, 0.6) is 0 Å². The summed E-state index contributed by atoms with van der Waals surface area (Å²) in [6.07, 6.45) is 1.12. The number of hydrogen-bond donors (Lipinski definition) is 2. The zero-order valence-electron chi connectivity index (χ0n) is 9.01. The molecule has 92 valence electrons. The quantitative estimate of drug-likeness (QED) is 0.470. The van der Waals surface area contributed by atoms with Gasteiger partial charge in [0, 0.05) is 18.5 Å². The first kappa shape index (κ1) is 13.2. The van der Waals surface area contributed by atoms with E-state index in [0.717, 1.165) is 6.20 Å². The number of nitro groups is 1. The van der Waals surface area contributed by atoms with Crippen molar-refractivity contribution in [3.8, 4) is 0 Å². The summed E-state index contributed by atoms with van der Waals surface area (Å²) in [5, 5.41) is 13.7.